The molecule has 0 saturated carbocycles. The molecule has 0 bridgehead atoms. The van der Waals surface area contributed by atoms with Crippen molar-refractivity contribution in [2.24, 2.45) is 0 Å². The number of halogens is 5. The molecule has 6 heteroatoms. The third-order valence-electron chi connectivity index (χ3n) is 5.01. The molecule has 0 aliphatic heterocycles. The SMILES string of the molecule is CCCOc1cc(F)c(C#Cc2ccc(C#Cc3ccc4cc(F)c(F)cc4c3)c(F)c2)c(F)c1. The van der Waals surface area contributed by atoms with Crippen molar-refractivity contribution in [3.05, 3.63) is 112 Å². The van der Waals surface area contributed by atoms with Gasteiger partial charge in [0.05, 0.1) is 17.7 Å². The minimum absolute atomic E-state index is 0.0742. The standard InChI is InChI=1S/C29H17F5O/c1-2-11-35-23-16-26(31)24(27(32)17-23)10-6-19-4-8-20(25(30)13-19)7-3-18-5-9-21-14-28(33)29(34)15-22(21)12-18/h4-5,8-9,12-17H,2,11H2,1H3. The van der Waals surface area contributed by atoms with E-state index in [1.807, 2.05) is 6.92 Å². The van der Waals surface area contributed by atoms with E-state index in [1.54, 1.807) is 18.2 Å². The van der Waals surface area contributed by atoms with Gasteiger partial charge in [0.25, 0.3) is 0 Å². The van der Waals surface area contributed by atoms with E-state index in [0.717, 1.165) is 30.3 Å². The highest BCUT2D eigenvalue weighted by Crippen LogP contribution is 2.21. The van der Waals surface area contributed by atoms with Crippen LogP contribution in [0.5, 0.6) is 5.75 Å². The van der Waals surface area contributed by atoms with Gasteiger partial charge in [-0.05, 0) is 59.7 Å². The molecule has 0 amide bonds. The van der Waals surface area contributed by atoms with Crippen LogP contribution in [-0.2, 0) is 0 Å². The summed E-state index contributed by atoms with van der Waals surface area (Å²) in [7, 11) is 0. The molecule has 4 aromatic carbocycles. The molecule has 0 atom stereocenters. The molecule has 0 spiro atoms. The fourth-order valence-corrected chi connectivity index (χ4v) is 3.26. The van der Waals surface area contributed by atoms with Gasteiger partial charge < -0.3 is 4.74 Å². The maximum absolute atomic E-state index is 14.5. The fraction of sp³-hybridized carbons (Fsp3) is 0.103. The second-order valence-corrected chi connectivity index (χ2v) is 7.63. The van der Waals surface area contributed by atoms with Crippen molar-refractivity contribution in [2.75, 3.05) is 6.61 Å². The normalized spacial score (nSPS) is 10.3. The maximum Gasteiger partial charge on any atom is 0.159 e. The first-order chi connectivity index (χ1) is 16.8. The van der Waals surface area contributed by atoms with E-state index >= 15 is 0 Å². The quantitative estimate of drug-likeness (QED) is 0.226. The average Bonchev–Trinajstić information content (AvgIpc) is 2.82. The van der Waals surface area contributed by atoms with Gasteiger partial charge >= 0.3 is 0 Å². The van der Waals surface area contributed by atoms with Gasteiger partial charge in [0, 0.05) is 23.3 Å². The fourth-order valence-electron chi connectivity index (χ4n) is 3.26. The van der Waals surface area contributed by atoms with Gasteiger partial charge in [-0.1, -0.05) is 36.7 Å². The third-order valence-corrected chi connectivity index (χ3v) is 5.01. The van der Waals surface area contributed by atoms with Crippen LogP contribution in [0.4, 0.5) is 22.0 Å². The van der Waals surface area contributed by atoms with Crippen molar-refractivity contribution in [3.63, 3.8) is 0 Å². The molecule has 0 aromatic heterocycles. The topological polar surface area (TPSA) is 9.23 Å². The molecule has 0 saturated heterocycles. The van der Waals surface area contributed by atoms with E-state index < -0.39 is 34.6 Å². The first kappa shape index (κ1) is 23.9. The molecule has 0 heterocycles. The summed E-state index contributed by atoms with van der Waals surface area (Å²) in [5, 5.41) is 0.978. The van der Waals surface area contributed by atoms with Gasteiger partial charge in [-0.2, -0.15) is 0 Å². The van der Waals surface area contributed by atoms with Gasteiger partial charge in [0.2, 0.25) is 0 Å². The first-order valence-corrected chi connectivity index (χ1v) is 10.7. The number of hydrogen-bond acceptors (Lipinski definition) is 1. The number of hydrogen-bond donors (Lipinski definition) is 0. The molecule has 0 N–H and O–H groups in total. The predicted octanol–water partition coefficient (Wildman–Crippen LogP) is 7.12. The molecule has 4 aromatic rings. The predicted molar refractivity (Wildman–Crippen MR) is 124 cm³/mol. The van der Waals surface area contributed by atoms with Crippen LogP contribution in [-0.4, -0.2) is 6.61 Å². The number of ether oxygens (including phenoxy) is 1. The second-order valence-electron chi connectivity index (χ2n) is 7.63. The largest absolute Gasteiger partial charge is 0.493 e. The Morgan fingerprint density at radius 3 is 1.91 bits per heavy atom. The molecule has 0 aliphatic rings. The molecular weight excluding hydrogens is 459 g/mol. The van der Waals surface area contributed by atoms with Gasteiger partial charge in [-0.25, -0.2) is 22.0 Å². The summed E-state index contributed by atoms with van der Waals surface area (Å²) in [4.78, 5) is 0. The van der Waals surface area contributed by atoms with Crippen molar-refractivity contribution in [2.45, 2.75) is 13.3 Å². The van der Waals surface area contributed by atoms with Crippen molar-refractivity contribution >= 4 is 10.8 Å². The Bertz CT molecular complexity index is 1530. The Morgan fingerprint density at radius 1 is 0.600 bits per heavy atom. The van der Waals surface area contributed by atoms with Crippen molar-refractivity contribution in [3.8, 4) is 29.4 Å². The Hall–Kier alpha value is -4.29. The lowest BCUT2D eigenvalue weighted by Gasteiger charge is -2.06. The molecule has 4 rings (SSSR count). The second kappa shape index (κ2) is 10.3. The lowest BCUT2D eigenvalue weighted by Crippen LogP contribution is -1.98. The summed E-state index contributed by atoms with van der Waals surface area (Å²) < 4.78 is 75.0. The van der Waals surface area contributed by atoms with Gasteiger partial charge in [0.1, 0.15) is 23.2 Å². The summed E-state index contributed by atoms with van der Waals surface area (Å²) in [6.45, 7) is 2.20. The van der Waals surface area contributed by atoms with E-state index in [9.17, 15) is 22.0 Å². The zero-order valence-electron chi connectivity index (χ0n) is 18.5. The Morgan fingerprint density at radius 2 is 1.23 bits per heavy atom. The Balaban J connectivity index is 1.55. The Kier molecular flexibility index (Phi) is 7.03. The number of fused-ring (bicyclic) bond motifs is 1. The van der Waals surface area contributed by atoms with E-state index in [-0.39, 0.29) is 16.9 Å². The molecule has 174 valence electrons. The summed E-state index contributed by atoms with van der Waals surface area (Å²) in [5.74, 6) is 6.18. The average molecular weight is 476 g/mol. The van der Waals surface area contributed by atoms with Crippen LogP contribution >= 0.6 is 0 Å². The van der Waals surface area contributed by atoms with Crippen LogP contribution in [0.1, 0.15) is 35.6 Å². The van der Waals surface area contributed by atoms with Crippen LogP contribution < -0.4 is 4.74 Å². The molecule has 0 fully saturated rings. The van der Waals surface area contributed by atoms with Gasteiger partial charge in [0.15, 0.2) is 11.6 Å². The minimum atomic E-state index is -0.967. The van der Waals surface area contributed by atoms with Gasteiger partial charge in [-0.15, -0.1) is 0 Å². The molecule has 0 radical (unpaired) electrons. The molecule has 35 heavy (non-hydrogen) atoms. The highest BCUT2D eigenvalue weighted by Gasteiger charge is 2.10. The lowest BCUT2D eigenvalue weighted by molar-refractivity contribution is 0.313. The van der Waals surface area contributed by atoms with E-state index in [4.69, 9.17) is 4.74 Å². The van der Waals surface area contributed by atoms with Crippen LogP contribution in [0.25, 0.3) is 10.8 Å². The number of benzene rings is 4. The molecular formula is C29H17F5O. The molecule has 0 unspecified atom stereocenters. The highest BCUT2D eigenvalue weighted by molar-refractivity contribution is 5.84. The summed E-state index contributed by atoms with van der Waals surface area (Å²) in [6.07, 6.45) is 0.695. The third kappa shape index (κ3) is 5.62. The summed E-state index contributed by atoms with van der Waals surface area (Å²) >= 11 is 0. The minimum Gasteiger partial charge on any atom is -0.493 e. The van der Waals surface area contributed by atoms with Crippen LogP contribution in [0.15, 0.2) is 60.7 Å². The monoisotopic (exact) mass is 476 g/mol. The van der Waals surface area contributed by atoms with Crippen LogP contribution in [0.3, 0.4) is 0 Å². The van der Waals surface area contributed by atoms with E-state index in [1.165, 1.54) is 12.1 Å². The molecule has 1 nitrogen and oxygen atoms in total. The van der Waals surface area contributed by atoms with Crippen molar-refractivity contribution in [1.82, 2.24) is 0 Å². The van der Waals surface area contributed by atoms with Crippen molar-refractivity contribution in [1.29, 1.82) is 0 Å². The van der Waals surface area contributed by atoms with E-state index in [0.29, 0.717) is 29.4 Å². The summed E-state index contributed by atoms with van der Waals surface area (Å²) in [6, 6.07) is 13.1. The Labute approximate surface area is 199 Å². The number of rotatable bonds is 3. The summed E-state index contributed by atoms with van der Waals surface area (Å²) in [5.41, 5.74) is 0.340. The van der Waals surface area contributed by atoms with Gasteiger partial charge in [-0.3, -0.25) is 0 Å². The van der Waals surface area contributed by atoms with Crippen LogP contribution in [0, 0.1) is 52.8 Å². The molecule has 0 aliphatic carbocycles. The van der Waals surface area contributed by atoms with E-state index in [2.05, 4.69) is 23.7 Å². The van der Waals surface area contributed by atoms with Crippen LogP contribution in [0.2, 0.25) is 0 Å². The zero-order valence-corrected chi connectivity index (χ0v) is 18.5. The first-order valence-electron chi connectivity index (χ1n) is 10.7. The van der Waals surface area contributed by atoms with Crippen molar-refractivity contribution < 1.29 is 26.7 Å². The smallest absolute Gasteiger partial charge is 0.159 e. The maximum atomic E-state index is 14.5. The lowest BCUT2D eigenvalue weighted by atomic mass is 10.1. The zero-order chi connectivity index (χ0) is 24.9. The highest BCUT2D eigenvalue weighted by atomic mass is 19.2.